The smallest absolute Gasteiger partial charge is 0.313 e. The van der Waals surface area contributed by atoms with Crippen molar-refractivity contribution >= 4 is 23.4 Å². The Hall–Kier alpha value is -2.68. The lowest BCUT2D eigenvalue weighted by Gasteiger charge is -2.38. The maximum Gasteiger partial charge on any atom is 0.313 e. The molecule has 0 spiro atoms. The lowest BCUT2D eigenvalue weighted by atomic mass is 9.98. The van der Waals surface area contributed by atoms with E-state index in [9.17, 15) is 14.0 Å². The summed E-state index contributed by atoms with van der Waals surface area (Å²) in [7, 11) is 0. The van der Waals surface area contributed by atoms with Gasteiger partial charge in [-0.05, 0) is 18.9 Å². The van der Waals surface area contributed by atoms with Gasteiger partial charge in [0.1, 0.15) is 18.9 Å². The van der Waals surface area contributed by atoms with E-state index < -0.39 is 11.8 Å². The molecule has 1 aromatic carbocycles. The Labute approximate surface area is 176 Å². The molecular weight excluding hydrogens is 391 g/mol. The van der Waals surface area contributed by atoms with E-state index in [0.29, 0.717) is 45.1 Å². The van der Waals surface area contributed by atoms with Crippen molar-refractivity contribution in [1.82, 2.24) is 4.90 Å². The average Bonchev–Trinajstić information content (AvgIpc) is 2.73. The predicted octanol–water partition coefficient (Wildman–Crippen LogP) is 1.91. The zero-order chi connectivity index (χ0) is 20.8. The van der Waals surface area contributed by atoms with Crippen LogP contribution in [0.2, 0.25) is 0 Å². The van der Waals surface area contributed by atoms with E-state index in [4.69, 9.17) is 20.6 Å². The number of esters is 1. The summed E-state index contributed by atoms with van der Waals surface area (Å²) in [5.41, 5.74) is 5.86. The van der Waals surface area contributed by atoms with Crippen LogP contribution in [-0.4, -0.2) is 62.0 Å². The number of amides is 1. The molecule has 3 N–H and O–H groups in total. The molecule has 1 amide bonds. The Balaban J connectivity index is 0.00000320. The highest BCUT2D eigenvalue weighted by Crippen LogP contribution is 2.25. The lowest BCUT2D eigenvalue weighted by Crippen LogP contribution is -2.51. The fourth-order valence-electron chi connectivity index (χ4n) is 3.66. The van der Waals surface area contributed by atoms with Gasteiger partial charge in [0.2, 0.25) is 5.91 Å². The number of nitrogens with two attached hydrogens (primary N) is 1. The summed E-state index contributed by atoms with van der Waals surface area (Å²) >= 11 is 0. The van der Waals surface area contributed by atoms with E-state index in [2.05, 4.69) is 0 Å². The molecule has 2 aliphatic rings. The van der Waals surface area contributed by atoms with Crippen LogP contribution in [0.3, 0.4) is 0 Å². The number of ether oxygens (including phenoxy) is 2. The van der Waals surface area contributed by atoms with Gasteiger partial charge in [-0.1, -0.05) is 19.6 Å². The van der Waals surface area contributed by atoms with Gasteiger partial charge in [0.05, 0.1) is 5.69 Å². The van der Waals surface area contributed by atoms with Gasteiger partial charge in [0.25, 0.3) is 0 Å². The second-order valence-corrected chi connectivity index (χ2v) is 7.31. The van der Waals surface area contributed by atoms with E-state index in [1.54, 1.807) is 18.2 Å². The number of carbonyl (C=O) groups excluding carboxylic acids is 2. The molecule has 8 nitrogen and oxygen atoms in total. The molecular formula is C21H31FN4O4. The molecule has 0 unspecified atom stereocenters. The summed E-state index contributed by atoms with van der Waals surface area (Å²) in [4.78, 5) is 27.9. The first-order chi connectivity index (χ1) is 14.0. The predicted molar refractivity (Wildman–Crippen MR) is 112 cm³/mol. The Morgan fingerprint density at radius 1 is 1.20 bits per heavy atom. The summed E-state index contributed by atoms with van der Waals surface area (Å²) in [5, 5.41) is 7.09. The Kier molecular flexibility index (Phi) is 8.58. The van der Waals surface area contributed by atoms with Gasteiger partial charge >= 0.3 is 5.97 Å². The molecule has 0 atom stereocenters. The van der Waals surface area contributed by atoms with Crippen molar-refractivity contribution in [2.45, 2.75) is 33.3 Å². The normalized spacial score (nSPS) is 17.2. The number of rotatable bonds is 6. The number of hydrogen-bond donors (Lipinski definition) is 2. The minimum atomic E-state index is -0.664. The third-order valence-electron chi connectivity index (χ3n) is 5.28. The molecule has 2 fully saturated rings. The zero-order valence-electron chi connectivity index (χ0n) is 16.4. The van der Waals surface area contributed by atoms with Crippen LogP contribution in [0.5, 0.6) is 0 Å². The number of benzene rings is 1. The number of piperazine rings is 1. The molecule has 1 aromatic rings. The molecule has 0 bridgehead atoms. The van der Waals surface area contributed by atoms with E-state index in [1.807, 2.05) is 9.80 Å². The molecule has 166 valence electrons. The summed E-state index contributed by atoms with van der Waals surface area (Å²) < 4.78 is 25.2. The highest BCUT2D eigenvalue weighted by Gasteiger charge is 2.29. The van der Waals surface area contributed by atoms with Crippen LogP contribution in [0, 0.1) is 17.1 Å². The Bertz CT molecular complexity index is 759. The highest BCUT2D eigenvalue weighted by molar-refractivity contribution is 5.94. The molecule has 30 heavy (non-hydrogen) atoms. The molecule has 3 rings (SSSR count). The monoisotopic (exact) mass is 422 g/mol. The van der Waals surface area contributed by atoms with Gasteiger partial charge in [-0.2, -0.15) is 0 Å². The van der Waals surface area contributed by atoms with Gasteiger partial charge in [-0.25, -0.2) is 4.39 Å². The molecule has 2 aliphatic heterocycles. The van der Waals surface area contributed by atoms with Crippen molar-refractivity contribution in [1.29, 1.82) is 5.41 Å². The molecule has 0 aromatic heterocycles. The standard InChI is InChI=1S/C20H27FN4O4.CH4/c21-19-15(13-29-18(26)12-17(22)23)2-1-3-16(19)24-6-8-25(9-7-24)20(27)14-4-10-28-11-5-14;/h1-3,14H,4-13H2,(H3,22,23);1H4. The minimum Gasteiger partial charge on any atom is -0.460 e. The van der Waals surface area contributed by atoms with Crippen LogP contribution >= 0.6 is 0 Å². The van der Waals surface area contributed by atoms with E-state index >= 15 is 0 Å². The first-order valence-corrected chi connectivity index (χ1v) is 9.83. The number of anilines is 1. The average molecular weight is 423 g/mol. The van der Waals surface area contributed by atoms with Crippen molar-refractivity contribution in [3.63, 3.8) is 0 Å². The molecule has 0 saturated carbocycles. The van der Waals surface area contributed by atoms with Gasteiger partial charge in [-0.3, -0.25) is 15.0 Å². The summed E-state index contributed by atoms with van der Waals surface area (Å²) in [6.45, 7) is 3.23. The van der Waals surface area contributed by atoms with E-state index in [-0.39, 0.29) is 43.7 Å². The molecule has 2 heterocycles. The number of carbonyl (C=O) groups is 2. The second kappa shape index (κ2) is 10.9. The zero-order valence-corrected chi connectivity index (χ0v) is 16.4. The van der Waals surface area contributed by atoms with Crippen molar-refractivity contribution < 1.29 is 23.5 Å². The van der Waals surface area contributed by atoms with Crippen molar-refractivity contribution in [3.8, 4) is 0 Å². The van der Waals surface area contributed by atoms with Crippen molar-refractivity contribution in [3.05, 3.63) is 29.6 Å². The van der Waals surface area contributed by atoms with Crippen LogP contribution in [0.1, 0.15) is 32.3 Å². The maximum absolute atomic E-state index is 14.9. The summed E-state index contributed by atoms with van der Waals surface area (Å²) in [5.74, 6) is -1.20. The number of nitrogens with one attached hydrogen (secondary N) is 1. The third kappa shape index (κ3) is 5.91. The molecule has 0 aliphatic carbocycles. The van der Waals surface area contributed by atoms with Crippen LogP contribution in [0.4, 0.5) is 10.1 Å². The fraction of sp³-hybridized carbons (Fsp3) is 0.571. The second-order valence-electron chi connectivity index (χ2n) is 7.31. The van der Waals surface area contributed by atoms with Crippen molar-refractivity contribution in [2.75, 3.05) is 44.3 Å². The minimum absolute atomic E-state index is 0. The number of nitrogens with zero attached hydrogens (tertiary/aromatic N) is 2. The topological polar surface area (TPSA) is 109 Å². The van der Waals surface area contributed by atoms with Crippen LogP contribution in [-0.2, 0) is 25.7 Å². The maximum atomic E-state index is 14.9. The Morgan fingerprint density at radius 3 is 2.50 bits per heavy atom. The lowest BCUT2D eigenvalue weighted by molar-refractivity contribution is -0.143. The van der Waals surface area contributed by atoms with Crippen molar-refractivity contribution in [2.24, 2.45) is 11.7 Å². The number of hydrogen-bond acceptors (Lipinski definition) is 6. The van der Waals surface area contributed by atoms with E-state index in [0.717, 1.165) is 12.8 Å². The van der Waals surface area contributed by atoms with Gasteiger partial charge in [0.15, 0.2) is 5.82 Å². The van der Waals surface area contributed by atoms with Crippen LogP contribution in [0.15, 0.2) is 18.2 Å². The first-order valence-electron chi connectivity index (χ1n) is 9.83. The number of amidine groups is 1. The van der Waals surface area contributed by atoms with E-state index in [1.165, 1.54) is 0 Å². The van der Waals surface area contributed by atoms with Crippen LogP contribution in [0.25, 0.3) is 0 Å². The summed E-state index contributed by atoms with van der Waals surface area (Å²) in [6, 6.07) is 4.96. The summed E-state index contributed by atoms with van der Waals surface area (Å²) in [6.07, 6.45) is 1.21. The fourth-order valence-corrected chi connectivity index (χ4v) is 3.66. The third-order valence-corrected chi connectivity index (χ3v) is 5.28. The highest BCUT2D eigenvalue weighted by atomic mass is 19.1. The quantitative estimate of drug-likeness (QED) is 0.412. The SMILES string of the molecule is C.N=C(N)CC(=O)OCc1cccc(N2CCN(C(=O)C3CCOCC3)CC2)c1F. The van der Waals surface area contributed by atoms with Crippen LogP contribution < -0.4 is 10.6 Å². The molecule has 0 radical (unpaired) electrons. The first kappa shape index (κ1) is 23.6. The molecule has 2 saturated heterocycles. The van der Waals surface area contributed by atoms with Gasteiger partial charge in [0, 0.05) is 50.9 Å². The molecule has 9 heteroatoms. The largest absolute Gasteiger partial charge is 0.460 e. The Morgan fingerprint density at radius 2 is 1.87 bits per heavy atom. The van der Waals surface area contributed by atoms with Gasteiger partial charge in [-0.15, -0.1) is 0 Å². The van der Waals surface area contributed by atoms with Gasteiger partial charge < -0.3 is 25.0 Å². The number of halogens is 1.